The molecular weight excluding hydrogens is 417 g/mol. The van der Waals surface area contributed by atoms with Crippen LogP contribution in [0.4, 0.5) is 5.95 Å². The monoisotopic (exact) mass is 434 g/mol. The summed E-state index contributed by atoms with van der Waals surface area (Å²) < 4.78 is 35.6. The van der Waals surface area contributed by atoms with Crippen molar-refractivity contribution in [3.05, 3.63) is 52.6 Å². The first-order valence-corrected chi connectivity index (χ1v) is 10.2. The van der Waals surface area contributed by atoms with E-state index in [-0.39, 0.29) is 23.7 Å². The third-order valence-electron chi connectivity index (χ3n) is 4.99. The third-order valence-corrected chi connectivity index (χ3v) is 5.36. The zero-order valence-electron chi connectivity index (χ0n) is 15.3. The molecule has 3 aromatic rings. The van der Waals surface area contributed by atoms with Gasteiger partial charge in [-0.15, -0.1) is 9.42 Å². The van der Waals surface area contributed by atoms with E-state index in [0.29, 0.717) is 0 Å². The zero-order chi connectivity index (χ0) is 20.8. The Hall–Kier alpha value is -2.73. The number of hydrogen-bond acceptors (Lipinski definition) is 9. The van der Waals surface area contributed by atoms with E-state index in [1.165, 1.54) is 10.9 Å². The van der Waals surface area contributed by atoms with E-state index in [1.54, 1.807) is 0 Å². The molecule has 2 saturated heterocycles. The summed E-state index contributed by atoms with van der Waals surface area (Å²) in [7, 11) is -2.81. The maximum absolute atomic E-state index is 12.1. The molecule has 2 aliphatic heterocycles. The summed E-state index contributed by atoms with van der Waals surface area (Å²) in [6, 6.07) is 9.34. The SMILES string of the molecule is Nc1nc2c(ncn2[C@@H]2O[C@H](CO[P+](=O)O)C3OC(c4ccccc4)OC32)c(=O)[nH]1. The van der Waals surface area contributed by atoms with Crippen molar-refractivity contribution in [2.75, 3.05) is 12.3 Å². The molecule has 6 atom stereocenters. The molecule has 5 rings (SSSR count). The van der Waals surface area contributed by atoms with Gasteiger partial charge in [-0.25, -0.2) is 4.98 Å². The van der Waals surface area contributed by atoms with Gasteiger partial charge in [0.25, 0.3) is 5.56 Å². The Balaban J connectivity index is 1.51. The molecule has 0 amide bonds. The van der Waals surface area contributed by atoms with Crippen LogP contribution < -0.4 is 11.3 Å². The Morgan fingerprint density at radius 2 is 2.00 bits per heavy atom. The summed E-state index contributed by atoms with van der Waals surface area (Å²) in [5, 5.41) is 0. The summed E-state index contributed by atoms with van der Waals surface area (Å²) in [6.45, 7) is -0.184. The quantitative estimate of drug-likeness (QED) is 0.488. The molecule has 2 aromatic heterocycles. The van der Waals surface area contributed by atoms with Crippen LogP contribution >= 0.6 is 8.25 Å². The van der Waals surface area contributed by atoms with Crippen molar-refractivity contribution in [1.82, 2.24) is 19.5 Å². The minimum Gasteiger partial charge on any atom is -0.369 e. The van der Waals surface area contributed by atoms with Gasteiger partial charge in [0.15, 0.2) is 23.7 Å². The van der Waals surface area contributed by atoms with Crippen LogP contribution in [0.2, 0.25) is 0 Å². The normalized spacial score (nSPS) is 28.7. The second-order valence-electron chi connectivity index (χ2n) is 6.82. The van der Waals surface area contributed by atoms with Crippen molar-refractivity contribution in [1.29, 1.82) is 0 Å². The highest BCUT2D eigenvalue weighted by molar-refractivity contribution is 7.32. The van der Waals surface area contributed by atoms with Gasteiger partial charge >= 0.3 is 8.25 Å². The Kier molecular flexibility index (Phi) is 4.82. The molecule has 0 radical (unpaired) electrons. The van der Waals surface area contributed by atoms with Gasteiger partial charge in [0, 0.05) is 10.1 Å². The van der Waals surface area contributed by atoms with Gasteiger partial charge in [-0.1, -0.05) is 30.3 Å². The number of H-pyrrole nitrogens is 1. The molecule has 4 N–H and O–H groups in total. The van der Waals surface area contributed by atoms with E-state index in [4.69, 9.17) is 29.4 Å². The number of benzene rings is 1. The van der Waals surface area contributed by atoms with E-state index in [0.717, 1.165) is 5.56 Å². The third kappa shape index (κ3) is 3.29. The van der Waals surface area contributed by atoms with E-state index in [2.05, 4.69) is 15.0 Å². The fourth-order valence-corrected chi connectivity index (χ4v) is 4.00. The largest absolute Gasteiger partial charge is 0.694 e. The first-order valence-electron chi connectivity index (χ1n) is 9.04. The molecule has 4 heterocycles. The summed E-state index contributed by atoms with van der Waals surface area (Å²) in [4.78, 5) is 31.8. The number of hydrogen-bond donors (Lipinski definition) is 3. The number of aromatic nitrogens is 4. The van der Waals surface area contributed by atoms with Crippen molar-refractivity contribution >= 4 is 25.4 Å². The van der Waals surface area contributed by atoms with E-state index < -0.39 is 44.6 Å². The Labute approximate surface area is 169 Å². The van der Waals surface area contributed by atoms with Crippen LogP contribution in [0.5, 0.6) is 0 Å². The number of nitrogens with one attached hydrogen (secondary N) is 1. The van der Waals surface area contributed by atoms with Crippen molar-refractivity contribution in [3.8, 4) is 0 Å². The Morgan fingerprint density at radius 3 is 2.77 bits per heavy atom. The molecule has 4 unspecified atom stereocenters. The summed E-state index contributed by atoms with van der Waals surface area (Å²) in [5.41, 5.74) is 6.34. The highest BCUT2D eigenvalue weighted by Crippen LogP contribution is 2.45. The van der Waals surface area contributed by atoms with Gasteiger partial charge < -0.3 is 19.9 Å². The van der Waals surface area contributed by atoms with Crippen LogP contribution in [0.3, 0.4) is 0 Å². The van der Waals surface area contributed by atoms with Crippen molar-refractivity contribution < 1.29 is 28.2 Å². The molecule has 0 aliphatic carbocycles. The molecule has 0 spiro atoms. The van der Waals surface area contributed by atoms with Gasteiger partial charge in [0.1, 0.15) is 24.9 Å². The predicted octanol–water partition coefficient (Wildman–Crippen LogP) is 0.748. The first kappa shape index (κ1) is 19.2. The molecule has 12 nitrogen and oxygen atoms in total. The minimum atomic E-state index is -2.81. The van der Waals surface area contributed by atoms with Crippen LogP contribution in [0.1, 0.15) is 18.1 Å². The predicted molar refractivity (Wildman–Crippen MR) is 101 cm³/mol. The summed E-state index contributed by atoms with van der Waals surface area (Å²) in [5.74, 6) is -0.0632. The van der Waals surface area contributed by atoms with Gasteiger partial charge in [-0.05, 0) is 0 Å². The number of imidazole rings is 1. The molecule has 2 fully saturated rings. The zero-order valence-corrected chi connectivity index (χ0v) is 16.2. The average molecular weight is 434 g/mol. The first-order chi connectivity index (χ1) is 14.5. The molecule has 0 bridgehead atoms. The summed E-state index contributed by atoms with van der Waals surface area (Å²) in [6.07, 6.45) is -1.92. The number of anilines is 1. The molecule has 0 saturated carbocycles. The fourth-order valence-electron chi connectivity index (χ4n) is 3.73. The fraction of sp³-hybridized carbons (Fsp3) is 0.353. The molecule has 1 aromatic carbocycles. The van der Waals surface area contributed by atoms with E-state index in [1.807, 2.05) is 30.3 Å². The Bertz CT molecular complexity index is 1150. The van der Waals surface area contributed by atoms with Crippen LogP contribution in [-0.2, 0) is 23.3 Å². The lowest BCUT2D eigenvalue weighted by Gasteiger charge is -2.20. The molecular formula is C17H17N5O7P+. The topological polar surface area (TPSA) is 164 Å². The molecule has 156 valence electrons. The summed E-state index contributed by atoms with van der Waals surface area (Å²) >= 11 is 0. The lowest BCUT2D eigenvalue weighted by atomic mass is 10.1. The van der Waals surface area contributed by atoms with Crippen LogP contribution in [-0.4, -0.2) is 49.3 Å². The average Bonchev–Trinajstić information content (AvgIpc) is 3.41. The van der Waals surface area contributed by atoms with Crippen LogP contribution in [0.15, 0.2) is 41.5 Å². The van der Waals surface area contributed by atoms with Gasteiger partial charge in [-0.2, -0.15) is 4.98 Å². The van der Waals surface area contributed by atoms with Crippen molar-refractivity contribution in [2.24, 2.45) is 0 Å². The second kappa shape index (κ2) is 7.51. The van der Waals surface area contributed by atoms with E-state index >= 15 is 0 Å². The number of aromatic amines is 1. The number of nitrogens with two attached hydrogens (primary N) is 1. The van der Waals surface area contributed by atoms with Gasteiger partial charge in [0.05, 0.1) is 6.33 Å². The van der Waals surface area contributed by atoms with Crippen LogP contribution in [0, 0.1) is 0 Å². The number of rotatable bonds is 5. The van der Waals surface area contributed by atoms with E-state index in [9.17, 15) is 9.36 Å². The standard InChI is InChI=1S/C17H16N5O7P/c18-17-20-13-10(14(23)21-17)19-7-22(13)15-12-11(9(27-15)6-26-30(24)25)28-16(29-12)8-4-2-1-3-5-8/h1-5,7,9,11-12,15-16H,6H2,(H3-,18,20,21,23,24,25)/p+1/t9-,11?,12?,15-,16?/m1/s1. The molecule has 13 heteroatoms. The van der Waals surface area contributed by atoms with Crippen molar-refractivity contribution in [2.45, 2.75) is 30.8 Å². The van der Waals surface area contributed by atoms with Crippen LogP contribution in [0.25, 0.3) is 11.2 Å². The molecule has 30 heavy (non-hydrogen) atoms. The number of ether oxygens (including phenoxy) is 3. The maximum Gasteiger partial charge on any atom is 0.694 e. The lowest BCUT2D eigenvalue weighted by molar-refractivity contribution is -0.152. The molecule has 2 aliphatic rings. The maximum atomic E-state index is 12.1. The number of nitrogen functional groups attached to an aromatic ring is 1. The Morgan fingerprint density at radius 1 is 1.23 bits per heavy atom. The number of nitrogens with zero attached hydrogens (tertiary/aromatic N) is 3. The lowest BCUT2D eigenvalue weighted by Crippen LogP contribution is -2.31. The minimum absolute atomic E-state index is 0.0632. The van der Waals surface area contributed by atoms with Gasteiger partial charge in [-0.3, -0.25) is 14.3 Å². The van der Waals surface area contributed by atoms with Gasteiger partial charge in [0.2, 0.25) is 5.95 Å². The number of fused-ring (bicyclic) bond motifs is 2. The highest BCUT2D eigenvalue weighted by atomic mass is 31.1. The van der Waals surface area contributed by atoms with Crippen molar-refractivity contribution in [3.63, 3.8) is 0 Å². The smallest absolute Gasteiger partial charge is 0.369 e. The highest BCUT2D eigenvalue weighted by Gasteiger charge is 2.54. The second-order valence-corrected chi connectivity index (χ2v) is 7.55.